The number of rotatable bonds is 16. The molecule has 3 heterocycles. The van der Waals surface area contributed by atoms with Crippen molar-refractivity contribution in [2.24, 2.45) is 35.5 Å². The van der Waals surface area contributed by atoms with Gasteiger partial charge in [-0.15, -0.1) is 0 Å². The van der Waals surface area contributed by atoms with Gasteiger partial charge < -0.3 is 52.7 Å². The highest BCUT2D eigenvalue weighted by atomic mass is 28.4. The molecule has 1 saturated carbocycles. The number of nitrogens with zero attached hydrogens (tertiary/aromatic N) is 1. The Morgan fingerprint density at radius 1 is 0.750 bits per heavy atom. The molecule has 0 aromatic heterocycles. The summed E-state index contributed by atoms with van der Waals surface area (Å²) in [7, 11) is 1.95. The summed E-state index contributed by atoms with van der Waals surface area (Å²) in [6.45, 7) is 21.2. The zero-order valence-corrected chi connectivity index (χ0v) is 56.0. The van der Waals surface area contributed by atoms with Crippen molar-refractivity contribution in [1.29, 1.82) is 0 Å². The van der Waals surface area contributed by atoms with E-state index in [9.17, 15) is 34.2 Å². The van der Waals surface area contributed by atoms with Crippen molar-refractivity contribution in [3.05, 3.63) is 108 Å². The van der Waals surface area contributed by atoms with Crippen molar-refractivity contribution in [3.8, 4) is 0 Å². The Labute approximate surface area is 526 Å². The molecule has 15 atom stereocenters. The van der Waals surface area contributed by atoms with E-state index >= 15 is 0 Å². The first-order chi connectivity index (χ1) is 41.9. The number of carbonyl (C=O) groups is 5. The number of amides is 1. The van der Waals surface area contributed by atoms with Crippen LogP contribution in [0.15, 0.2) is 108 Å². The van der Waals surface area contributed by atoms with Gasteiger partial charge in [0.1, 0.15) is 30.1 Å². The predicted octanol–water partition coefficient (Wildman–Crippen LogP) is 9.80. The van der Waals surface area contributed by atoms with Gasteiger partial charge in [0.05, 0.1) is 50.8 Å². The Morgan fingerprint density at radius 3 is 2.06 bits per heavy atom. The van der Waals surface area contributed by atoms with Crippen LogP contribution in [0.5, 0.6) is 0 Å². The lowest BCUT2D eigenvalue weighted by Crippen LogP contribution is -2.66. The van der Waals surface area contributed by atoms with Crippen LogP contribution in [0, 0.1) is 35.5 Å². The fraction of sp³-hybridized carbons (Fsp3) is 0.648. The Morgan fingerprint density at radius 2 is 1.42 bits per heavy atom. The number of aliphatic hydroxyl groups is 2. The SMILES string of the molecule is CO[C@H]1C[C@@H]2CC[C@@H](C)[C@@](O)(O2)C(=O)C(=O)N2CCCC[C@H]2C(=O)O[C@H]([C@H](C)C[C@@H]2CC[C@@H](OCCOCCO[Si](c3ccccc3)(c3ccccc3)C(C)(C)C)[C@H](OC)C2)CC(=O)[C@H](C)/C=C(\C)[C@@H](O)[C@@H](OC)C(=O)[C@H](C)C[C@H](C)/C=C/C=C/C=C/1C. The van der Waals surface area contributed by atoms with Crippen LogP contribution in [-0.2, 0) is 61.6 Å². The highest BCUT2D eigenvalue weighted by Crippen LogP contribution is 2.40. The number of ketones is 3. The average molecular weight is 1240 g/mol. The number of Topliss-reactive ketones (excluding diaryl/α,β-unsaturated/α-hetero) is 3. The molecule has 2 aromatic rings. The van der Waals surface area contributed by atoms with Gasteiger partial charge in [-0.25, -0.2) is 4.79 Å². The van der Waals surface area contributed by atoms with E-state index in [0.717, 1.165) is 12.0 Å². The van der Waals surface area contributed by atoms with Gasteiger partial charge in [-0.05, 0) is 122 Å². The number of hydrogen-bond donors (Lipinski definition) is 2. The summed E-state index contributed by atoms with van der Waals surface area (Å²) in [5, 5.41) is 26.0. The minimum atomic E-state index is -2.71. The molecular formula is C71H105NO15Si. The van der Waals surface area contributed by atoms with Gasteiger partial charge in [0.25, 0.3) is 20.0 Å². The Kier molecular flexibility index (Phi) is 28.0. The number of benzene rings is 2. The maximum atomic E-state index is 14.7. The summed E-state index contributed by atoms with van der Waals surface area (Å²) in [6.07, 6.45) is 11.9. The second-order valence-electron chi connectivity index (χ2n) is 26.6. The minimum absolute atomic E-state index is 0.00643. The van der Waals surface area contributed by atoms with Crippen molar-refractivity contribution in [2.75, 3.05) is 54.3 Å². The molecule has 0 unspecified atom stereocenters. The summed E-state index contributed by atoms with van der Waals surface area (Å²) in [4.78, 5) is 73.3. The average Bonchev–Trinajstić information content (AvgIpc) is 0.828. The third-order valence-corrected chi connectivity index (χ3v) is 24.0. The van der Waals surface area contributed by atoms with Crippen LogP contribution in [0.1, 0.15) is 146 Å². The second kappa shape index (κ2) is 34.0. The number of aliphatic hydroxyl groups excluding tert-OH is 1. The monoisotopic (exact) mass is 1240 g/mol. The number of methoxy groups -OCH3 is 3. The summed E-state index contributed by atoms with van der Waals surface area (Å²) < 4.78 is 49.9. The zero-order chi connectivity index (χ0) is 64.3. The predicted molar refractivity (Wildman–Crippen MR) is 343 cm³/mol. The van der Waals surface area contributed by atoms with Gasteiger partial charge in [0.15, 0.2) is 5.78 Å². The van der Waals surface area contributed by atoms with E-state index in [1.165, 1.54) is 22.4 Å². The first kappa shape index (κ1) is 72.3. The summed E-state index contributed by atoms with van der Waals surface area (Å²) in [5.41, 5.74) is 1.26. The van der Waals surface area contributed by atoms with Gasteiger partial charge in [0, 0.05) is 58.5 Å². The van der Waals surface area contributed by atoms with E-state index in [1.54, 1.807) is 41.1 Å². The zero-order valence-electron chi connectivity index (χ0n) is 55.0. The molecule has 88 heavy (non-hydrogen) atoms. The molecule has 0 radical (unpaired) electrons. The van der Waals surface area contributed by atoms with Crippen molar-refractivity contribution in [1.82, 2.24) is 4.90 Å². The number of cyclic esters (lactones) is 1. The molecule has 2 bridgehead atoms. The molecule has 6 rings (SSSR count). The largest absolute Gasteiger partial charge is 0.460 e. The Hall–Kier alpha value is -4.79. The molecule has 0 spiro atoms. The Bertz CT molecular complexity index is 2650. The minimum Gasteiger partial charge on any atom is -0.460 e. The molecule has 2 N–H and O–H groups in total. The van der Waals surface area contributed by atoms with Gasteiger partial charge >= 0.3 is 5.97 Å². The number of esters is 1. The lowest BCUT2D eigenvalue weighted by atomic mass is 9.78. The van der Waals surface area contributed by atoms with Gasteiger partial charge in [-0.3, -0.25) is 19.2 Å². The van der Waals surface area contributed by atoms with Crippen LogP contribution >= 0.6 is 0 Å². The lowest BCUT2D eigenvalue weighted by Gasteiger charge is -2.43. The molecule has 4 aliphatic rings. The fourth-order valence-corrected chi connectivity index (χ4v) is 18.2. The van der Waals surface area contributed by atoms with E-state index in [2.05, 4.69) is 69.3 Å². The van der Waals surface area contributed by atoms with Crippen molar-refractivity contribution in [3.63, 3.8) is 0 Å². The summed E-state index contributed by atoms with van der Waals surface area (Å²) in [5.74, 6) is -8.06. The van der Waals surface area contributed by atoms with Crippen LogP contribution in [0.2, 0.25) is 5.04 Å². The molecule has 2 saturated heterocycles. The smallest absolute Gasteiger partial charge is 0.329 e. The van der Waals surface area contributed by atoms with Crippen molar-refractivity contribution in [2.45, 2.75) is 206 Å². The molecule has 488 valence electrons. The second-order valence-corrected chi connectivity index (χ2v) is 30.9. The number of fused-ring (bicyclic) bond motifs is 3. The molecule has 17 heteroatoms. The molecule has 16 nitrogen and oxygen atoms in total. The molecule has 2 aromatic carbocycles. The summed E-state index contributed by atoms with van der Waals surface area (Å²) >= 11 is 0. The molecular weight excluding hydrogens is 1130 g/mol. The summed E-state index contributed by atoms with van der Waals surface area (Å²) in [6, 6.07) is 19.9. The van der Waals surface area contributed by atoms with Crippen LogP contribution in [-0.4, -0.2) is 162 Å². The van der Waals surface area contributed by atoms with Crippen LogP contribution in [0.25, 0.3) is 0 Å². The lowest BCUT2D eigenvalue weighted by molar-refractivity contribution is -0.265. The Balaban J connectivity index is 1.17. The first-order valence-corrected chi connectivity index (χ1v) is 34.2. The van der Waals surface area contributed by atoms with Crippen molar-refractivity contribution < 1.29 is 71.8 Å². The number of piperidine rings is 1. The molecule has 3 aliphatic heterocycles. The van der Waals surface area contributed by atoms with Gasteiger partial charge in [-0.1, -0.05) is 153 Å². The van der Waals surface area contributed by atoms with E-state index in [0.29, 0.717) is 89.8 Å². The maximum absolute atomic E-state index is 14.7. The quantitative estimate of drug-likeness (QED) is 0.0528. The maximum Gasteiger partial charge on any atom is 0.329 e. The number of allylic oxidation sites excluding steroid dienone is 6. The van der Waals surface area contributed by atoms with E-state index < -0.39 is 86.1 Å². The number of carbonyl (C=O) groups excluding carboxylic acids is 5. The third kappa shape index (κ3) is 18.7. The fourth-order valence-electron chi connectivity index (χ4n) is 13.7. The van der Waals surface area contributed by atoms with E-state index in [1.807, 2.05) is 70.2 Å². The number of ether oxygens (including phenoxy) is 7. The first-order valence-electron chi connectivity index (χ1n) is 32.3. The van der Waals surface area contributed by atoms with Crippen LogP contribution in [0.4, 0.5) is 0 Å². The molecule has 3 fully saturated rings. The topological polar surface area (TPSA) is 203 Å². The van der Waals surface area contributed by atoms with Gasteiger partial charge in [0.2, 0.25) is 5.79 Å². The van der Waals surface area contributed by atoms with E-state index in [-0.39, 0.29) is 66.0 Å². The molecule has 1 aliphatic carbocycles. The highest BCUT2D eigenvalue weighted by Gasteiger charge is 2.54. The van der Waals surface area contributed by atoms with Crippen molar-refractivity contribution >= 4 is 47.9 Å². The third-order valence-electron chi connectivity index (χ3n) is 19.0. The van der Waals surface area contributed by atoms with Crippen LogP contribution < -0.4 is 10.4 Å². The highest BCUT2D eigenvalue weighted by molar-refractivity contribution is 6.99. The normalized spacial score (nSPS) is 33.3. The van der Waals surface area contributed by atoms with E-state index in [4.69, 9.17) is 37.6 Å². The van der Waals surface area contributed by atoms with Crippen LogP contribution in [0.3, 0.4) is 0 Å². The van der Waals surface area contributed by atoms with Gasteiger partial charge in [-0.2, -0.15) is 0 Å². The molecule has 1 amide bonds. The standard InChI is InChI=1S/C71H105NO15Si/c1-47-25-17-14-18-26-48(2)61(80-11)45-55-34-32-53(7)71(79,87-55)67(76)68(77)72-36-24-23-31-58(72)69(78)86-62(46-59(73)49(3)42-52(6)65(75)66(82-13)64(74)51(5)41-47)50(4)43-54-33-35-60(63(44-54)81-12)84-39-37-83-38-40-85-88(70(8,9)10,56-27-19-15-20-28-56)57-29-21-16-22-30-57/h14-22,25-30,42,47,49-51,53-55,58,60-63,65-66,75,79H,23-24,31-41,43-46H2,1-13H3/b18-14+,25-17+,48-26+,52-42+/t47-,49-,50-,51-,53-,54+,55+,58+,60-,61+,62+,63-,65-,66+,71-/m1/s1. The number of hydrogen-bond acceptors (Lipinski definition) is 15.